The van der Waals surface area contributed by atoms with E-state index in [9.17, 15) is 21.6 Å². The Kier molecular flexibility index (Phi) is 6.11. The van der Waals surface area contributed by atoms with Crippen molar-refractivity contribution in [2.75, 3.05) is 23.0 Å². The van der Waals surface area contributed by atoms with Crippen LogP contribution in [0.15, 0.2) is 0 Å². The first-order valence-corrected chi connectivity index (χ1v) is 8.87. The minimum atomic E-state index is -3.50. The van der Waals surface area contributed by atoms with Crippen LogP contribution in [-0.2, 0) is 24.5 Å². The van der Waals surface area contributed by atoms with Crippen LogP contribution in [0.2, 0.25) is 0 Å². The molecule has 0 aliphatic heterocycles. The van der Waals surface area contributed by atoms with Gasteiger partial charge in [0.25, 0.3) is 0 Å². The first kappa shape index (κ1) is 16.4. The first-order valence-electron chi connectivity index (χ1n) is 5.23. The van der Waals surface area contributed by atoms with Crippen LogP contribution in [-0.4, -0.2) is 50.9 Å². The zero-order valence-corrected chi connectivity index (χ0v) is 11.6. The van der Waals surface area contributed by atoms with Gasteiger partial charge in [-0.05, 0) is 6.42 Å². The lowest BCUT2D eigenvalue weighted by atomic mass is 10.2. The average molecular weight is 286 g/mol. The molecule has 17 heavy (non-hydrogen) atoms. The van der Waals surface area contributed by atoms with Gasteiger partial charge in [0.1, 0.15) is 9.84 Å². The maximum Gasteiger partial charge on any atom is 0.307 e. The molecule has 0 saturated heterocycles. The van der Waals surface area contributed by atoms with E-state index in [-0.39, 0.29) is 23.7 Å². The average Bonchev–Trinajstić information content (AvgIpc) is 2.16. The van der Waals surface area contributed by atoms with Crippen LogP contribution in [0.5, 0.6) is 0 Å². The second-order valence-electron chi connectivity index (χ2n) is 3.94. The molecule has 0 saturated carbocycles. The number of hydrogen-bond acceptors (Lipinski definition) is 5. The number of carboxylic acid groups (broad SMARTS) is 1. The number of hydrogen-bond donors (Lipinski definition) is 1. The van der Waals surface area contributed by atoms with Crippen LogP contribution in [0, 0.1) is 5.92 Å². The van der Waals surface area contributed by atoms with E-state index >= 15 is 0 Å². The second-order valence-corrected chi connectivity index (χ2v) is 8.65. The minimum Gasteiger partial charge on any atom is -0.481 e. The molecule has 1 atom stereocenters. The lowest BCUT2D eigenvalue weighted by molar-refractivity contribution is -0.140. The van der Waals surface area contributed by atoms with Crippen molar-refractivity contribution in [3.8, 4) is 0 Å². The number of sulfone groups is 2. The molecule has 1 N–H and O–H groups in total. The summed E-state index contributed by atoms with van der Waals surface area (Å²) in [6, 6.07) is 0. The fourth-order valence-electron chi connectivity index (χ4n) is 1.18. The molecule has 0 aromatic carbocycles. The topological polar surface area (TPSA) is 106 Å². The van der Waals surface area contributed by atoms with Crippen LogP contribution in [0.4, 0.5) is 0 Å². The van der Waals surface area contributed by atoms with E-state index in [4.69, 9.17) is 5.11 Å². The van der Waals surface area contributed by atoms with Gasteiger partial charge >= 0.3 is 5.97 Å². The largest absolute Gasteiger partial charge is 0.481 e. The molecule has 0 heterocycles. The maximum atomic E-state index is 11.5. The molecule has 0 aliphatic carbocycles. The van der Waals surface area contributed by atoms with Gasteiger partial charge in [-0.25, -0.2) is 16.8 Å². The summed E-state index contributed by atoms with van der Waals surface area (Å²) >= 11 is 0. The van der Waals surface area contributed by atoms with Gasteiger partial charge in [0, 0.05) is 5.75 Å². The molecule has 0 fully saturated rings. The highest BCUT2D eigenvalue weighted by molar-refractivity contribution is 7.92. The van der Waals surface area contributed by atoms with Gasteiger partial charge in [0.2, 0.25) is 0 Å². The van der Waals surface area contributed by atoms with Crippen LogP contribution >= 0.6 is 0 Å². The molecule has 0 radical (unpaired) electrons. The van der Waals surface area contributed by atoms with Gasteiger partial charge in [-0.15, -0.1) is 0 Å². The van der Waals surface area contributed by atoms with E-state index < -0.39 is 37.3 Å². The summed E-state index contributed by atoms with van der Waals surface area (Å²) in [6.45, 7) is 2.80. The quantitative estimate of drug-likeness (QED) is 0.670. The summed E-state index contributed by atoms with van der Waals surface area (Å²) in [5.74, 6) is -3.07. The second kappa shape index (κ2) is 6.34. The summed E-state index contributed by atoms with van der Waals surface area (Å²) in [5, 5.41) is 8.58. The molecule has 0 aliphatic rings. The van der Waals surface area contributed by atoms with Gasteiger partial charge < -0.3 is 5.11 Å². The fraction of sp³-hybridized carbons (Fsp3) is 0.889. The summed E-state index contributed by atoms with van der Waals surface area (Å²) in [7, 11) is -6.67. The van der Waals surface area contributed by atoms with Crippen molar-refractivity contribution < 1.29 is 26.7 Å². The third-order valence-electron chi connectivity index (χ3n) is 2.28. The predicted octanol–water partition coefficient (Wildman–Crippen LogP) is -0.0533. The summed E-state index contributed by atoms with van der Waals surface area (Å²) in [6.07, 6.45) is 0.0187. The van der Waals surface area contributed by atoms with Gasteiger partial charge in [-0.3, -0.25) is 4.79 Å². The number of aliphatic carboxylic acids is 1. The van der Waals surface area contributed by atoms with Crippen molar-refractivity contribution in [2.45, 2.75) is 20.3 Å². The Morgan fingerprint density at radius 2 is 1.59 bits per heavy atom. The van der Waals surface area contributed by atoms with Crippen LogP contribution in [0.3, 0.4) is 0 Å². The Hall–Kier alpha value is -0.630. The van der Waals surface area contributed by atoms with E-state index in [1.165, 1.54) is 13.8 Å². The molecule has 0 amide bonds. The van der Waals surface area contributed by atoms with Crippen molar-refractivity contribution in [2.24, 2.45) is 5.92 Å². The maximum absolute atomic E-state index is 11.5. The van der Waals surface area contributed by atoms with Crippen molar-refractivity contribution in [3.05, 3.63) is 0 Å². The number of carboxylic acids is 1. The lowest BCUT2D eigenvalue weighted by Gasteiger charge is -2.07. The van der Waals surface area contributed by atoms with Gasteiger partial charge in [0.15, 0.2) is 9.84 Å². The monoisotopic (exact) mass is 286 g/mol. The Labute approximate surface area is 102 Å². The summed E-state index contributed by atoms with van der Waals surface area (Å²) in [5.41, 5.74) is 0. The predicted molar refractivity (Wildman–Crippen MR) is 64.4 cm³/mol. The zero-order chi connectivity index (χ0) is 13.7. The Morgan fingerprint density at radius 3 is 2.00 bits per heavy atom. The van der Waals surface area contributed by atoms with E-state index in [1.807, 2.05) is 0 Å². The van der Waals surface area contributed by atoms with Gasteiger partial charge in [-0.2, -0.15) is 0 Å². The summed E-state index contributed by atoms with van der Waals surface area (Å²) in [4.78, 5) is 10.5. The highest BCUT2D eigenvalue weighted by Gasteiger charge is 2.21. The molecule has 102 valence electrons. The third-order valence-corrected chi connectivity index (χ3v) is 5.98. The smallest absolute Gasteiger partial charge is 0.307 e. The number of rotatable bonds is 8. The Bertz CT molecular complexity index is 448. The van der Waals surface area contributed by atoms with E-state index in [0.29, 0.717) is 0 Å². The molecular formula is C9H18O6S2. The van der Waals surface area contributed by atoms with Crippen LogP contribution in [0.25, 0.3) is 0 Å². The van der Waals surface area contributed by atoms with E-state index in [1.54, 1.807) is 0 Å². The SMILES string of the molecule is CCS(=O)(=O)CCCS(=O)(=O)CC(C)C(=O)O. The minimum absolute atomic E-state index is 0.0153. The van der Waals surface area contributed by atoms with E-state index in [2.05, 4.69) is 0 Å². The van der Waals surface area contributed by atoms with Crippen LogP contribution < -0.4 is 0 Å². The molecular weight excluding hydrogens is 268 g/mol. The van der Waals surface area contributed by atoms with Crippen molar-refractivity contribution in [1.29, 1.82) is 0 Å². The molecule has 1 unspecified atom stereocenters. The summed E-state index contributed by atoms with van der Waals surface area (Å²) < 4.78 is 45.2. The standard InChI is InChI=1S/C9H18O6S2/c1-3-16(12,13)5-4-6-17(14,15)7-8(2)9(10)11/h8H,3-7H2,1-2H3,(H,10,11). The molecule has 0 spiro atoms. The highest BCUT2D eigenvalue weighted by Crippen LogP contribution is 2.05. The molecule has 6 nitrogen and oxygen atoms in total. The Morgan fingerprint density at radius 1 is 1.12 bits per heavy atom. The van der Waals surface area contributed by atoms with Gasteiger partial charge in [-0.1, -0.05) is 13.8 Å². The molecule has 8 heteroatoms. The lowest BCUT2D eigenvalue weighted by Crippen LogP contribution is -2.24. The fourth-order valence-corrected chi connectivity index (χ4v) is 3.89. The van der Waals surface area contributed by atoms with Crippen molar-refractivity contribution in [3.63, 3.8) is 0 Å². The Balaban J connectivity index is 4.26. The normalized spacial score (nSPS) is 14.5. The van der Waals surface area contributed by atoms with Crippen molar-refractivity contribution >= 4 is 25.6 Å². The number of carbonyl (C=O) groups is 1. The zero-order valence-electron chi connectivity index (χ0n) is 9.92. The van der Waals surface area contributed by atoms with E-state index in [0.717, 1.165) is 0 Å². The van der Waals surface area contributed by atoms with Gasteiger partial charge in [0.05, 0.1) is 23.2 Å². The third kappa shape index (κ3) is 7.32. The molecule has 0 bridgehead atoms. The van der Waals surface area contributed by atoms with Crippen molar-refractivity contribution in [1.82, 2.24) is 0 Å². The molecule has 0 rings (SSSR count). The molecule has 0 aromatic rings. The first-order chi connectivity index (χ1) is 7.59. The molecule has 0 aromatic heterocycles. The highest BCUT2D eigenvalue weighted by atomic mass is 32.2. The van der Waals surface area contributed by atoms with Crippen LogP contribution in [0.1, 0.15) is 20.3 Å².